The molecule has 13 unspecified atom stereocenters. The van der Waals surface area contributed by atoms with E-state index in [4.69, 9.17) is 49.5 Å². The van der Waals surface area contributed by atoms with Crippen molar-refractivity contribution >= 4 is 66.9 Å². The Morgan fingerprint density at radius 3 is 1.60 bits per heavy atom. The first-order valence-electron chi connectivity index (χ1n) is 19.0. The van der Waals surface area contributed by atoms with E-state index in [0.29, 0.717) is 0 Å². The fourth-order valence-corrected chi connectivity index (χ4v) is 9.61. The van der Waals surface area contributed by atoms with Crippen LogP contribution in [0.2, 0.25) is 0 Å². The van der Waals surface area contributed by atoms with Crippen molar-refractivity contribution in [3.63, 3.8) is 0 Å². The van der Waals surface area contributed by atoms with E-state index in [2.05, 4.69) is 44.9 Å². The van der Waals surface area contributed by atoms with Gasteiger partial charge in [0.2, 0.25) is 0 Å². The molecule has 30 nitrogen and oxygen atoms in total. The average Bonchev–Trinajstić information content (AvgIpc) is 4.11. The Kier molecular flexibility index (Phi) is 11.4. The summed E-state index contributed by atoms with van der Waals surface area (Å²) in [6, 6.07) is 0. The summed E-state index contributed by atoms with van der Waals surface area (Å²) in [6.07, 6.45) is -10.1. The third-order valence-corrected chi connectivity index (χ3v) is 12.8. The minimum absolute atomic E-state index is 0.0269. The van der Waals surface area contributed by atoms with Gasteiger partial charge in [0.15, 0.2) is 5.82 Å². The second-order valence-corrected chi connectivity index (χ2v) is 17.6. The molecule has 0 spiro atoms. The van der Waals surface area contributed by atoms with Crippen molar-refractivity contribution in [1.29, 1.82) is 0 Å². The first kappa shape index (κ1) is 43.4. The van der Waals surface area contributed by atoms with Crippen LogP contribution in [0.15, 0.2) is 38.0 Å². The van der Waals surface area contributed by atoms with E-state index < -0.39 is 103 Å². The Labute approximate surface area is 352 Å². The quantitative estimate of drug-likeness (QED) is 0.0490. The van der Waals surface area contributed by atoms with E-state index in [1.807, 2.05) is 0 Å². The Morgan fingerprint density at radius 1 is 0.635 bits per heavy atom. The van der Waals surface area contributed by atoms with Gasteiger partial charge in [-0.15, -0.1) is 0 Å². The van der Waals surface area contributed by atoms with Crippen LogP contribution in [0, 0.1) is 0 Å². The predicted octanol–water partition coefficient (Wildman–Crippen LogP) is -2.90. The van der Waals surface area contributed by atoms with Crippen molar-refractivity contribution in [3.8, 4) is 0 Å². The van der Waals surface area contributed by atoms with Crippen molar-refractivity contribution in [2.24, 2.45) is 0 Å². The van der Waals surface area contributed by atoms with Gasteiger partial charge in [0.1, 0.15) is 11.8 Å². The number of ether oxygens (including phenoxy) is 3. The average molecular weight is 926 g/mol. The maximum atomic E-state index is 13.6. The number of rotatable bonds is 14. The van der Waals surface area contributed by atoms with Crippen molar-refractivity contribution < 1.29 is 72.0 Å². The molecule has 6 aromatic heterocycles. The van der Waals surface area contributed by atoms with Gasteiger partial charge in [-0.2, -0.15) is 0 Å². The van der Waals surface area contributed by atoms with Gasteiger partial charge in [-0.3, -0.25) is 0 Å². The summed E-state index contributed by atoms with van der Waals surface area (Å²) in [5.74, 6) is 0.0882. The fraction of sp³-hybridized carbons (Fsp3) is 0.516. The Bertz CT molecular complexity index is 2680. The van der Waals surface area contributed by atoms with E-state index in [1.165, 1.54) is 45.3 Å². The Balaban J connectivity index is 0.911. The molecule has 9 heterocycles. The van der Waals surface area contributed by atoms with E-state index >= 15 is 0 Å². The molecule has 0 amide bonds. The second kappa shape index (κ2) is 16.6. The van der Waals surface area contributed by atoms with Gasteiger partial charge in [-0.1, -0.05) is 6.92 Å². The number of aliphatic hydroxyl groups excluding tert-OH is 4. The number of nitrogens with two attached hydrogens (primary N) is 3. The molecular weight excluding hydrogens is 884 g/mol. The number of nitrogen functional groups attached to an aromatic ring is 3. The maximum absolute atomic E-state index is 13.6. The number of phosphoric acid groups is 1. The molecule has 32 heteroatoms. The van der Waals surface area contributed by atoms with Gasteiger partial charge in [-0.05, 0) is 0 Å². The zero-order valence-corrected chi connectivity index (χ0v) is 34.4. The van der Waals surface area contributed by atoms with E-state index in [0.717, 1.165) is 6.33 Å². The topological polar surface area (TPSA) is 432 Å². The number of aliphatic hydroxyl groups is 4. The standard InChI is InChI=1S/C31H41N15O15P2/c1-2-11-18(48)21(30(57-11)45-9-42-15-24(33)36-6-39-27(15)45)60-63(53,54)56-4-13-19(49)22(31(59-13)46-10-43-16-25(34)37-7-40-28(16)46)61-62(51,52)55-3-12-17(47)20(50)29(58-12)44-8-41-14-23(32)35-5-38-26(14)44/h5-13,17-22,29-31,47-52,62H,2-4H2,1H3,(H,53,54)(H2,32,35,38)(H2,33,36,39)(H2,34,37,40). The summed E-state index contributed by atoms with van der Waals surface area (Å²) >= 11 is 0. The number of imidazole rings is 3. The van der Waals surface area contributed by atoms with Gasteiger partial charge in [0.05, 0.1) is 0 Å². The molecule has 13 N–H and O–H groups in total. The number of aromatic nitrogens is 12. The summed E-state index contributed by atoms with van der Waals surface area (Å²) in [5, 5.41) is 44.4. The molecule has 340 valence electrons. The van der Waals surface area contributed by atoms with Crippen molar-refractivity contribution in [3.05, 3.63) is 38.0 Å². The van der Waals surface area contributed by atoms with Gasteiger partial charge in [-0.25, -0.2) is 15.0 Å². The normalized spacial score (nSPS) is 31.4. The van der Waals surface area contributed by atoms with Gasteiger partial charge < -0.3 is 5.73 Å². The van der Waals surface area contributed by atoms with Crippen LogP contribution >= 0.6 is 16.0 Å². The number of nitrogens with zero attached hydrogens (tertiary/aromatic N) is 12. The van der Waals surface area contributed by atoms with Crippen LogP contribution in [0.1, 0.15) is 32.0 Å². The summed E-state index contributed by atoms with van der Waals surface area (Å²) in [5.41, 5.74) is 18.7. The van der Waals surface area contributed by atoms with Crippen LogP contribution < -0.4 is 17.2 Å². The summed E-state index contributed by atoms with van der Waals surface area (Å²) in [4.78, 5) is 69.9. The molecule has 9 rings (SSSR count). The van der Waals surface area contributed by atoms with Gasteiger partial charge >= 0.3 is 308 Å². The third-order valence-electron chi connectivity index (χ3n) is 10.7. The van der Waals surface area contributed by atoms with Crippen molar-refractivity contribution in [1.82, 2.24) is 58.6 Å². The van der Waals surface area contributed by atoms with E-state index in [9.17, 15) is 39.7 Å². The van der Waals surface area contributed by atoms with Crippen LogP contribution in [0.4, 0.5) is 17.5 Å². The molecule has 63 heavy (non-hydrogen) atoms. The van der Waals surface area contributed by atoms with E-state index in [1.54, 1.807) is 6.92 Å². The summed E-state index contributed by atoms with van der Waals surface area (Å²) < 4.78 is 57.1. The SMILES string of the molecule is CCC1OC(n2cnc3c(N)ncnc32)C(OP(=O)(O)OCC2OC(n3cnc4c(N)ncnc43)C(O[PH](O)(O)OCC3OC(n4cnc5c(N)ncnc54)C(O)C3O)C2O)C1O. The second-order valence-electron chi connectivity index (χ2n) is 14.6. The fourth-order valence-electron chi connectivity index (χ4n) is 7.62. The van der Waals surface area contributed by atoms with Crippen LogP contribution in [-0.4, -0.2) is 162 Å². The molecule has 3 saturated heterocycles. The first-order chi connectivity index (χ1) is 30.1. The molecule has 0 aromatic carbocycles. The van der Waals surface area contributed by atoms with Crippen molar-refractivity contribution in [2.45, 2.75) is 87.0 Å². The van der Waals surface area contributed by atoms with Crippen molar-refractivity contribution in [2.75, 3.05) is 30.4 Å². The van der Waals surface area contributed by atoms with Crippen LogP contribution in [0.5, 0.6) is 0 Å². The zero-order chi connectivity index (χ0) is 44.5. The molecule has 3 aliphatic rings. The number of hydrogen-bond donors (Lipinski definition) is 10. The molecule has 0 aliphatic carbocycles. The zero-order valence-electron chi connectivity index (χ0n) is 32.5. The van der Waals surface area contributed by atoms with Crippen LogP contribution in [0.25, 0.3) is 33.5 Å². The number of fused-ring (bicyclic) bond motifs is 3. The Morgan fingerprint density at radius 2 is 1.08 bits per heavy atom. The van der Waals surface area contributed by atoms with Crippen LogP contribution in [0.3, 0.4) is 0 Å². The molecule has 3 fully saturated rings. The number of phosphoric ester groups is 1. The molecule has 13 atom stereocenters. The first-order valence-corrected chi connectivity index (χ1v) is 22.2. The van der Waals surface area contributed by atoms with Gasteiger partial charge in [0, 0.05) is 0 Å². The molecule has 0 radical (unpaired) electrons. The molecule has 3 aliphatic heterocycles. The van der Waals surface area contributed by atoms with Crippen LogP contribution in [-0.2, 0) is 36.9 Å². The number of hydrogen-bond acceptors (Lipinski definition) is 26. The third kappa shape index (κ3) is 7.92. The van der Waals surface area contributed by atoms with Gasteiger partial charge in [0.25, 0.3) is 0 Å². The molecular formula is C31H41N15O15P2. The molecule has 6 aromatic rings. The predicted molar refractivity (Wildman–Crippen MR) is 209 cm³/mol. The molecule has 0 saturated carbocycles. The Hall–Kier alpha value is -4.85. The van der Waals surface area contributed by atoms with E-state index in [-0.39, 0.29) is 57.4 Å². The minimum atomic E-state index is -5.39. The monoisotopic (exact) mass is 925 g/mol. The number of anilines is 3. The molecule has 0 bridgehead atoms. The summed E-state index contributed by atoms with van der Waals surface area (Å²) in [7, 11) is -10.6. The summed E-state index contributed by atoms with van der Waals surface area (Å²) in [6.45, 7) is 0.0789.